The molecule has 5 heteroatoms. The van der Waals surface area contributed by atoms with Gasteiger partial charge in [0.1, 0.15) is 5.65 Å². The molecule has 3 aromatic heterocycles. The van der Waals surface area contributed by atoms with Crippen molar-refractivity contribution in [2.75, 3.05) is 7.05 Å². The SMILES string of the molecule is CNC(=O)c1cccc(-c2ccn3c(-c4ccnc(C5=CCC(C)(C)C5)c4)cnc3c2)c1. The van der Waals surface area contributed by atoms with E-state index >= 15 is 0 Å². The highest BCUT2D eigenvalue weighted by atomic mass is 16.1. The zero-order valence-electron chi connectivity index (χ0n) is 18.6. The van der Waals surface area contributed by atoms with Gasteiger partial charge in [-0.25, -0.2) is 4.98 Å². The van der Waals surface area contributed by atoms with Gasteiger partial charge in [0.25, 0.3) is 5.91 Å². The van der Waals surface area contributed by atoms with Crippen LogP contribution in [0, 0.1) is 5.41 Å². The average molecular weight is 423 g/mol. The van der Waals surface area contributed by atoms with Gasteiger partial charge >= 0.3 is 0 Å². The molecule has 5 rings (SSSR count). The number of hydrogen-bond donors (Lipinski definition) is 1. The number of hydrogen-bond acceptors (Lipinski definition) is 3. The van der Waals surface area contributed by atoms with Gasteiger partial charge in [-0.15, -0.1) is 0 Å². The van der Waals surface area contributed by atoms with Gasteiger partial charge in [0.15, 0.2) is 0 Å². The van der Waals surface area contributed by atoms with Crippen LogP contribution in [0.4, 0.5) is 0 Å². The molecule has 0 aliphatic heterocycles. The van der Waals surface area contributed by atoms with Gasteiger partial charge in [-0.05, 0) is 71.4 Å². The zero-order valence-corrected chi connectivity index (χ0v) is 18.6. The summed E-state index contributed by atoms with van der Waals surface area (Å²) in [6, 6.07) is 15.9. The van der Waals surface area contributed by atoms with Gasteiger partial charge in [-0.3, -0.25) is 14.2 Å². The second-order valence-electron chi connectivity index (χ2n) is 9.15. The fraction of sp³-hybridized carbons (Fsp3) is 0.222. The lowest BCUT2D eigenvalue weighted by Gasteiger charge is -2.16. The van der Waals surface area contributed by atoms with Crippen LogP contribution in [0.3, 0.4) is 0 Å². The van der Waals surface area contributed by atoms with Gasteiger partial charge in [0.2, 0.25) is 0 Å². The molecule has 5 nitrogen and oxygen atoms in total. The third kappa shape index (κ3) is 3.71. The summed E-state index contributed by atoms with van der Waals surface area (Å²) in [5.41, 5.74) is 8.32. The highest BCUT2D eigenvalue weighted by Gasteiger charge is 2.25. The van der Waals surface area contributed by atoms with Crippen LogP contribution in [0.5, 0.6) is 0 Å². The molecule has 0 saturated heterocycles. The first kappa shape index (κ1) is 20.2. The lowest BCUT2D eigenvalue weighted by molar-refractivity contribution is 0.0963. The van der Waals surface area contributed by atoms with Crippen LogP contribution in [0.15, 0.2) is 73.2 Å². The van der Waals surface area contributed by atoms with Crippen molar-refractivity contribution in [3.8, 4) is 22.4 Å². The van der Waals surface area contributed by atoms with Crippen molar-refractivity contribution in [3.05, 3.63) is 84.5 Å². The summed E-state index contributed by atoms with van der Waals surface area (Å²) in [5, 5.41) is 2.68. The van der Waals surface area contributed by atoms with E-state index < -0.39 is 0 Å². The van der Waals surface area contributed by atoms with E-state index in [1.54, 1.807) is 7.05 Å². The second-order valence-corrected chi connectivity index (χ2v) is 9.15. The predicted molar refractivity (Wildman–Crippen MR) is 128 cm³/mol. The average Bonchev–Trinajstić information content (AvgIpc) is 3.41. The molecule has 0 unspecified atom stereocenters. The molecule has 32 heavy (non-hydrogen) atoms. The summed E-state index contributed by atoms with van der Waals surface area (Å²) in [4.78, 5) is 21.3. The van der Waals surface area contributed by atoms with Crippen molar-refractivity contribution in [1.29, 1.82) is 0 Å². The molecule has 0 spiro atoms. The molecule has 1 amide bonds. The molecular formula is C27H26N4O. The number of benzene rings is 1. The number of aromatic nitrogens is 3. The standard InChI is InChI=1S/C27H26N4O/c1-27(2)10-7-22(16-27)23-14-20(8-11-29-23)24-17-30-25-15-19(9-12-31(24)25)18-5-4-6-21(13-18)26(32)28-3/h4-9,11-15,17H,10,16H2,1-3H3,(H,28,32). The van der Waals surface area contributed by atoms with E-state index in [2.05, 4.69) is 57.8 Å². The zero-order chi connectivity index (χ0) is 22.3. The molecule has 0 bridgehead atoms. The normalized spacial score (nSPS) is 15.0. The first-order valence-corrected chi connectivity index (χ1v) is 10.9. The van der Waals surface area contributed by atoms with E-state index in [1.165, 1.54) is 5.57 Å². The number of imidazole rings is 1. The fourth-order valence-electron chi connectivity index (χ4n) is 4.38. The summed E-state index contributed by atoms with van der Waals surface area (Å²) in [5.74, 6) is -0.0923. The lowest BCUT2D eigenvalue weighted by Crippen LogP contribution is -2.17. The maximum absolute atomic E-state index is 12.0. The lowest BCUT2D eigenvalue weighted by atomic mass is 9.89. The van der Waals surface area contributed by atoms with Gasteiger partial charge in [-0.1, -0.05) is 32.1 Å². The van der Waals surface area contributed by atoms with Crippen molar-refractivity contribution in [1.82, 2.24) is 19.7 Å². The number of nitrogens with zero attached hydrogens (tertiary/aromatic N) is 3. The third-order valence-corrected chi connectivity index (χ3v) is 6.15. The molecule has 1 N–H and O–H groups in total. The largest absolute Gasteiger partial charge is 0.355 e. The summed E-state index contributed by atoms with van der Waals surface area (Å²) in [7, 11) is 1.64. The van der Waals surface area contributed by atoms with Crippen LogP contribution in [0.2, 0.25) is 0 Å². The highest BCUT2D eigenvalue weighted by molar-refractivity contribution is 5.95. The quantitative estimate of drug-likeness (QED) is 0.464. The van der Waals surface area contributed by atoms with Crippen LogP contribution >= 0.6 is 0 Å². The molecule has 0 atom stereocenters. The van der Waals surface area contributed by atoms with Crippen LogP contribution in [-0.4, -0.2) is 27.3 Å². The molecule has 0 radical (unpaired) electrons. The van der Waals surface area contributed by atoms with Crippen LogP contribution in [0.25, 0.3) is 33.6 Å². The molecule has 160 valence electrons. The molecule has 3 heterocycles. The number of fused-ring (bicyclic) bond motifs is 1. The number of allylic oxidation sites excluding steroid dienone is 2. The number of pyridine rings is 2. The van der Waals surface area contributed by atoms with E-state index in [1.807, 2.05) is 48.9 Å². The van der Waals surface area contributed by atoms with Crippen molar-refractivity contribution in [3.63, 3.8) is 0 Å². The van der Waals surface area contributed by atoms with E-state index in [0.29, 0.717) is 11.0 Å². The highest BCUT2D eigenvalue weighted by Crippen LogP contribution is 2.41. The van der Waals surface area contributed by atoms with Crippen molar-refractivity contribution >= 4 is 17.1 Å². The molecule has 1 aromatic carbocycles. The van der Waals surface area contributed by atoms with E-state index in [0.717, 1.165) is 46.6 Å². The minimum atomic E-state index is -0.0923. The van der Waals surface area contributed by atoms with Crippen molar-refractivity contribution in [2.45, 2.75) is 26.7 Å². The summed E-state index contributed by atoms with van der Waals surface area (Å²) < 4.78 is 2.10. The topological polar surface area (TPSA) is 59.3 Å². The molecule has 4 aromatic rings. The fourth-order valence-corrected chi connectivity index (χ4v) is 4.38. The van der Waals surface area contributed by atoms with Crippen LogP contribution in [-0.2, 0) is 0 Å². The Hall–Kier alpha value is -3.73. The van der Waals surface area contributed by atoms with Gasteiger partial charge in [0.05, 0.1) is 17.6 Å². The minimum Gasteiger partial charge on any atom is -0.355 e. The third-order valence-electron chi connectivity index (χ3n) is 6.15. The Morgan fingerprint density at radius 2 is 1.88 bits per heavy atom. The summed E-state index contributed by atoms with van der Waals surface area (Å²) in [6.07, 6.45) is 10.3. The minimum absolute atomic E-state index is 0.0923. The van der Waals surface area contributed by atoms with E-state index in [4.69, 9.17) is 0 Å². The Balaban J connectivity index is 1.49. The Kier molecular flexibility index (Phi) is 4.89. The first-order chi connectivity index (χ1) is 15.4. The van der Waals surface area contributed by atoms with Crippen LogP contribution < -0.4 is 5.32 Å². The first-order valence-electron chi connectivity index (χ1n) is 10.9. The van der Waals surface area contributed by atoms with Crippen molar-refractivity contribution < 1.29 is 4.79 Å². The number of amides is 1. The van der Waals surface area contributed by atoms with Gasteiger partial charge in [0, 0.05) is 30.6 Å². The smallest absolute Gasteiger partial charge is 0.251 e. The number of carbonyl (C=O) groups excluding carboxylic acids is 1. The van der Waals surface area contributed by atoms with Gasteiger partial charge in [-0.2, -0.15) is 0 Å². The molecule has 0 fully saturated rings. The van der Waals surface area contributed by atoms with Crippen molar-refractivity contribution in [2.24, 2.45) is 5.41 Å². The number of carbonyl (C=O) groups is 1. The molecule has 1 aliphatic carbocycles. The second kappa shape index (κ2) is 7.75. The molecule has 1 aliphatic rings. The molecule has 0 saturated carbocycles. The van der Waals surface area contributed by atoms with Crippen LogP contribution in [0.1, 0.15) is 42.7 Å². The maximum Gasteiger partial charge on any atom is 0.251 e. The Morgan fingerprint density at radius 3 is 2.66 bits per heavy atom. The summed E-state index contributed by atoms with van der Waals surface area (Å²) in [6.45, 7) is 4.60. The van der Waals surface area contributed by atoms with Gasteiger partial charge < -0.3 is 5.32 Å². The summed E-state index contributed by atoms with van der Waals surface area (Å²) >= 11 is 0. The van der Waals surface area contributed by atoms with E-state index in [-0.39, 0.29) is 5.91 Å². The predicted octanol–water partition coefficient (Wildman–Crippen LogP) is 5.63. The molecular weight excluding hydrogens is 396 g/mol. The maximum atomic E-state index is 12.0. The Labute approximate surface area is 187 Å². The Morgan fingerprint density at radius 1 is 1.03 bits per heavy atom. The number of rotatable bonds is 4. The monoisotopic (exact) mass is 422 g/mol. The number of nitrogens with one attached hydrogen (secondary N) is 1. The van der Waals surface area contributed by atoms with E-state index in [9.17, 15) is 4.79 Å². The Bertz CT molecular complexity index is 1360.